The van der Waals surface area contributed by atoms with Crippen LogP contribution in [0.1, 0.15) is 24.0 Å². The van der Waals surface area contributed by atoms with E-state index in [1.807, 2.05) is 19.1 Å². The van der Waals surface area contributed by atoms with Crippen molar-refractivity contribution in [3.05, 3.63) is 29.3 Å². The van der Waals surface area contributed by atoms with Crippen molar-refractivity contribution in [3.8, 4) is 5.75 Å². The van der Waals surface area contributed by atoms with Gasteiger partial charge in [0.25, 0.3) is 0 Å². The van der Waals surface area contributed by atoms with Crippen molar-refractivity contribution in [3.63, 3.8) is 0 Å². The largest absolute Gasteiger partial charge is 0.482 e. The second-order valence-electron chi connectivity index (χ2n) is 4.63. The molecule has 0 aliphatic heterocycles. The molecule has 1 N–H and O–H groups in total. The number of esters is 1. The minimum absolute atomic E-state index is 0.0456. The first-order valence-electron chi connectivity index (χ1n) is 6.21. The number of benzene rings is 1. The van der Waals surface area contributed by atoms with Crippen molar-refractivity contribution in [2.24, 2.45) is 0 Å². The lowest BCUT2D eigenvalue weighted by Crippen LogP contribution is -2.18. The fraction of sp³-hybridized carbons (Fsp3) is 0.500. The van der Waals surface area contributed by atoms with Crippen LogP contribution < -0.4 is 10.1 Å². The number of methoxy groups -OCH3 is 1. The highest BCUT2D eigenvalue weighted by Gasteiger charge is 2.20. The minimum atomic E-state index is -0.364. The predicted octanol–water partition coefficient (Wildman–Crippen LogP) is 1.80. The van der Waals surface area contributed by atoms with Crippen LogP contribution in [-0.4, -0.2) is 25.7 Å². The fourth-order valence-electron chi connectivity index (χ4n) is 1.72. The topological polar surface area (TPSA) is 47.6 Å². The molecule has 1 aliphatic rings. The summed E-state index contributed by atoms with van der Waals surface area (Å²) in [7, 11) is 1.36. The van der Waals surface area contributed by atoms with Crippen LogP contribution in [0.4, 0.5) is 0 Å². The van der Waals surface area contributed by atoms with Crippen molar-refractivity contribution < 1.29 is 14.3 Å². The Balaban J connectivity index is 1.99. The summed E-state index contributed by atoms with van der Waals surface area (Å²) in [5, 5.41) is 3.45. The van der Waals surface area contributed by atoms with Gasteiger partial charge in [-0.3, -0.25) is 0 Å². The van der Waals surface area contributed by atoms with Gasteiger partial charge < -0.3 is 14.8 Å². The molecular weight excluding hydrogens is 230 g/mol. The number of carbonyl (C=O) groups is 1. The van der Waals surface area contributed by atoms with Crippen LogP contribution in [0, 0.1) is 6.92 Å². The van der Waals surface area contributed by atoms with Crippen molar-refractivity contribution in [2.45, 2.75) is 32.4 Å². The Bertz CT molecular complexity index is 427. The van der Waals surface area contributed by atoms with Crippen LogP contribution in [0.2, 0.25) is 0 Å². The Hall–Kier alpha value is -1.55. The summed E-state index contributed by atoms with van der Waals surface area (Å²) < 4.78 is 10.0. The molecule has 2 rings (SSSR count). The van der Waals surface area contributed by atoms with Crippen molar-refractivity contribution in [1.82, 2.24) is 5.32 Å². The van der Waals surface area contributed by atoms with Gasteiger partial charge in [0.05, 0.1) is 7.11 Å². The van der Waals surface area contributed by atoms with Gasteiger partial charge in [0, 0.05) is 18.2 Å². The summed E-state index contributed by atoms with van der Waals surface area (Å²) in [5.41, 5.74) is 2.28. The average Bonchev–Trinajstić information content (AvgIpc) is 3.18. The maximum atomic E-state index is 11.1. The lowest BCUT2D eigenvalue weighted by atomic mass is 10.1. The average molecular weight is 249 g/mol. The molecule has 0 amide bonds. The number of hydrogen-bond acceptors (Lipinski definition) is 4. The van der Waals surface area contributed by atoms with Crippen LogP contribution in [0.15, 0.2) is 18.2 Å². The molecule has 0 bridgehead atoms. The number of hydrogen-bond donors (Lipinski definition) is 1. The zero-order chi connectivity index (χ0) is 13.0. The number of aryl methyl sites for hydroxylation is 1. The highest BCUT2D eigenvalue weighted by atomic mass is 16.6. The smallest absolute Gasteiger partial charge is 0.343 e. The Morgan fingerprint density at radius 3 is 2.89 bits per heavy atom. The molecule has 98 valence electrons. The van der Waals surface area contributed by atoms with Crippen LogP contribution in [-0.2, 0) is 16.1 Å². The van der Waals surface area contributed by atoms with Crippen molar-refractivity contribution in [2.75, 3.05) is 13.7 Å². The summed E-state index contributed by atoms with van der Waals surface area (Å²) in [6.07, 6.45) is 2.51. The van der Waals surface area contributed by atoms with E-state index in [1.54, 1.807) is 0 Å². The third-order valence-electron chi connectivity index (χ3n) is 2.95. The molecule has 4 heteroatoms. The highest BCUT2D eigenvalue weighted by Crippen LogP contribution is 2.23. The van der Waals surface area contributed by atoms with Gasteiger partial charge in [-0.15, -0.1) is 0 Å². The van der Waals surface area contributed by atoms with Gasteiger partial charge in [-0.05, 0) is 25.8 Å². The molecule has 0 unspecified atom stereocenters. The number of carbonyl (C=O) groups excluding carboxylic acids is 1. The molecule has 1 fully saturated rings. The van der Waals surface area contributed by atoms with Crippen LogP contribution in [0.5, 0.6) is 5.75 Å². The molecule has 1 aliphatic carbocycles. The maximum Gasteiger partial charge on any atom is 0.343 e. The number of rotatable bonds is 6. The van der Waals surface area contributed by atoms with E-state index in [2.05, 4.69) is 16.1 Å². The molecule has 0 radical (unpaired) electrons. The third-order valence-corrected chi connectivity index (χ3v) is 2.95. The first-order chi connectivity index (χ1) is 8.69. The van der Waals surface area contributed by atoms with Crippen molar-refractivity contribution in [1.29, 1.82) is 0 Å². The summed E-state index contributed by atoms with van der Waals surface area (Å²) in [4.78, 5) is 11.1. The second-order valence-corrected chi connectivity index (χ2v) is 4.63. The lowest BCUT2D eigenvalue weighted by molar-refractivity contribution is -0.142. The van der Waals surface area contributed by atoms with Gasteiger partial charge in [-0.25, -0.2) is 4.79 Å². The molecule has 0 aromatic heterocycles. The van der Waals surface area contributed by atoms with E-state index in [9.17, 15) is 4.79 Å². The summed E-state index contributed by atoms with van der Waals surface area (Å²) in [5.74, 6) is 0.385. The molecule has 0 saturated heterocycles. The highest BCUT2D eigenvalue weighted by molar-refractivity contribution is 5.70. The monoisotopic (exact) mass is 249 g/mol. The van der Waals surface area contributed by atoms with Crippen LogP contribution in [0.25, 0.3) is 0 Å². The first-order valence-corrected chi connectivity index (χ1v) is 6.21. The summed E-state index contributed by atoms with van der Waals surface area (Å²) in [6, 6.07) is 6.62. The van der Waals surface area contributed by atoms with E-state index in [0.29, 0.717) is 6.04 Å². The zero-order valence-corrected chi connectivity index (χ0v) is 10.9. The third kappa shape index (κ3) is 3.74. The summed E-state index contributed by atoms with van der Waals surface area (Å²) in [6.45, 7) is 2.78. The SMILES string of the molecule is COC(=O)COc1ccc(C)cc1CNC1CC1. The number of ether oxygens (including phenoxy) is 2. The first kappa shape index (κ1) is 12.9. The zero-order valence-electron chi connectivity index (χ0n) is 10.9. The lowest BCUT2D eigenvalue weighted by Gasteiger charge is -2.12. The quantitative estimate of drug-likeness (QED) is 0.781. The molecule has 1 aromatic rings. The standard InChI is InChI=1S/C14H19NO3/c1-10-3-6-13(18-9-14(16)17-2)11(7-10)8-15-12-4-5-12/h3,6-7,12,15H,4-5,8-9H2,1-2H3. The number of nitrogens with one attached hydrogen (secondary N) is 1. The van der Waals surface area contributed by atoms with E-state index in [0.717, 1.165) is 17.9 Å². The Morgan fingerprint density at radius 1 is 1.44 bits per heavy atom. The van der Waals surface area contributed by atoms with Gasteiger partial charge in [0.2, 0.25) is 0 Å². The van der Waals surface area contributed by atoms with Crippen LogP contribution in [0.3, 0.4) is 0 Å². The molecule has 0 spiro atoms. The minimum Gasteiger partial charge on any atom is -0.482 e. The van der Waals surface area contributed by atoms with Crippen molar-refractivity contribution >= 4 is 5.97 Å². The fourth-order valence-corrected chi connectivity index (χ4v) is 1.72. The van der Waals surface area contributed by atoms with E-state index in [-0.39, 0.29) is 12.6 Å². The van der Waals surface area contributed by atoms with Crippen LogP contribution >= 0.6 is 0 Å². The van der Waals surface area contributed by atoms with E-state index in [4.69, 9.17) is 4.74 Å². The van der Waals surface area contributed by atoms with E-state index in [1.165, 1.54) is 25.5 Å². The molecule has 0 heterocycles. The van der Waals surface area contributed by atoms with Gasteiger partial charge in [-0.1, -0.05) is 17.7 Å². The molecular formula is C14H19NO3. The molecule has 4 nitrogen and oxygen atoms in total. The van der Waals surface area contributed by atoms with Gasteiger partial charge >= 0.3 is 5.97 Å². The summed E-state index contributed by atoms with van der Waals surface area (Å²) >= 11 is 0. The maximum absolute atomic E-state index is 11.1. The second kappa shape index (κ2) is 5.87. The Kier molecular flexibility index (Phi) is 4.20. The molecule has 0 atom stereocenters. The molecule has 1 saturated carbocycles. The Labute approximate surface area is 107 Å². The van der Waals surface area contributed by atoms with Gasteiger partial charge in [0.1, 0.15) is 5.75 Å². The molecule has 1 aromatic carbocycles. The Morgan fingerprint density at radius 2 is 2.22 bits per heavy atom. The normalized spacial score (nSPS) is 14.3. The molecule has 18 heavy (non-hydrogen) atoms. The van der Waals surface area contributed by atoms with Gasteiger partial charge in [0.15, 0.2) is 6.61 Å². The van der Waals surface area contributed by atoms with E-state index >= 15 is 0 Å². The predicted molar refractivity (Wildman–Crippen MR) is 68.6 cm³/mol. The van der Waals surface area contributed by atoms with E-state index < -0.39 is 0 Å². The van der Waals surface area contributed by atoms with Gasteiger partial charge in [-0.2, -0.15) is 0 Å².